The van der Waals surface area contributed by atoms with E-state index in [0.717, 1.165) is 11.1 Å². The zero-order chi connectivity index (χ0) is 19.4. The number of nitrogen functional groups attached to an aromatic ring is 1. The number of aromatic nitrogens is 2. The fourth-order valence-corrected chi connectivity index (χ4v) is 2.43. The molecular formula is C20H21N3O4. The van der Waals surface area contributed by atoms with Crippen LogP contribution in [0.4, 0.5) is 5.82 Å². The molecule has 0 aliphatic heterocycles. The standard InChI is InChI=1S/C20H21N3O4/c1-12-8-10-14(11-9-12)19-22-18(21)17(20(23-19)26-13(2)24)27-16-7-5-4-6-15(16)25-3/h4-11,13,24H,1-3H3,(H2,21,22,23). The Balaban J connectivity index is 2.06. The van der Waals surface area contributed by atoms with E-state index >= 15 is 0 Å². The summed E-state index contributed by atoms with van der Waals surface area (Å²) in [5.41, 5.74) is 8.01. The lowest BCUT2D eigenvalue weighted by molar-refractivity contribution is -0.00520. The number of nitrogens with zero attached hydrogens (tertiary/aromatic N) is 2. The smallest absolute Gasteiger partial charge is 0.266 e. The highest BCUT2D eigenvalue weighted by Crippen LogP contribution is 2.39. The van der Waals surface area contributed by atoms with Crippen molar-refractivity contribution >= 4 is 5.82 Å². The summed E-state index contributed by atoms with van der Waals surface area (Å²) in [6.07, 6.45) is -1.11. The number of ether oxygens (including phenoxy) is 3. The molecule has 140 valence electrons. The minimum Gasteiger partial charge on any atom is -0.493 e. The molecular weight excluding hydrogens is 346 g/mol. The Morgan fingerprint density at radius 3 is 2.30 bits per heavy atom. The molecule has 0 amide bonds. The molecule has 0 aliphatic rings. The van der Waals surface area contributed by atoms with Crippen LogP contribution in [-0.2, 0) is 0 Å². The van der Waals surface area contributed by atoms with Gasteiger partial charge in [-0.15, -0.1) is 0 Å². The molecule has 0 spiro atoms. The van der Waals surface area contributed by atoms with Crippen LogP contribution in [0.25, 0.3) is 11.4 Å². The minimum absolute atomic E-state index is 0.0407. The van der Waals surface area contributed by atoms with Gasteiger partial charge in [-0.25, -0.2) is 4.98 Å². The van der Waals surface area contributed by atoms with E-state index in [1.165, 1.54) is 14.0 Å². The Morgan fingerprint density at radius 1 is 1.00 bits per heavy atom. The summed E-state index contributed by atoms with van der Waals surface area (Å²) < 4.78 is 16.6. The van der Waals surface area contributed by atoms with Crippen LogP contribution in [0.2, 0.25) is 0 Å². The van der Waals surface area contributed by atoms with Gasteiger partial charge in [-0.1, -0.05) is 42.0 Å². The van der Waals surface area contributed by atoms with Gasteiger partial charge in [0, 0.05) is 5.56 Å². The fraction of sp³-hybridized carbons (Fsp3) is 0.200. The first-order valence-electron chi connectivity index (χ1n) is 8.38. The van der Waals surface area contributed by atoms with Gasteiger partial charge in [-0.2, -0.15) is 4.98 Å². The van der Waals surface area contributed by atoms with Crippen LogP contribution in [0.5, 0.6) is 23.1 Å². The zero-order valence-corrected chi connectivity index (χ0v) is 15.3. The van der Waals surface area contributed by atoms with E-state index < -0.39 is 6.29 Å². The second kappa shape index (κ2) is 7.92. The summed E-state index contributed by atoms with van der Waals surface area (Å²) in [6, 6.07) is 14.8. The molecule has 1 atom stereocenters. The Hall–Kier alpha value is -3.32. The second-order valence-corrected chi connectivity index (χ2v) is 5.90. The molecule has 1 heterocycles. The molecule has 3 aromatic rings. The zero-order valence-electron chi connectivity index (χ0n) is 15.3. The van der Waals surface area contributed by atoms with Crippen LogP contribution < -0.4 is 19.9 Å². The maximum Gasteiger partial charge on any atom is 0.266 e. The Morgan fingerprint density at radius 2 is 1.67 bits per heavy atom. The van der Waals surface area contributed by atoms with E-state index in [1.807, 2.05) is 37.3 Å². The molecule has 0 fully saturated rings. The maximum atomic E-state index is 9.68. The van der Waals surface area contributed by atoms with Crippen molar-refractivity contribution in [2.24, 2.45) is 0 Å². The lowest BCUT2D eigenvalue weighted by atomic mass is 10.1. The highest BCUT2D eigenvalue weighted by atomic mass is 16.6. The van der Waals surface area contributed by atoms with Gasteiger partial charge in [0.1, 0.15) is 0 Å². The number of aliphatic hydroxyl groups excluding tert-OH is 1. The molecule has 1 aromatic heterocycles. The van der Waals surface area contributed by atoms with Crippen LogP contribution in [0.1, 0.15) is 12.5 Å². The van der Waals surface area contributed by atoms with Gasteiger partial charge in [0.05, 0.1) is 7.11 Å². The molecule has 0 radical (unpaired) electrons. The number of rotatable bonds is 6. The number of aryl methyl sites for hydroxylation is 1. The summed E-state index contributed by atoms with van der Waals surface area (Å²) in [4.78, 5) is 8.72. The highest BCUT2D eigenvalue weighted by Gasteiger charge is 2.20. The minimum atomic E-state index is -1.11. The monoisotopic (exact) mass is 367 g/mol. The summed E-state index contributed by atoms with van der Waals surface area (Å²) in [7, 11) is 1.54. The molecule has 0 saturated carbocycles. The molecule has 7 nitrogen and oxygen atoms in total. The van der Waals surface area contributed by atoms with Gasteiger partial charge in [0.2, 0.25) is 5.75 Å². The van der Waals surface area contributed by atoms with E-state index in [0.29, 0.717) is 17.3 Å². The number of para-hydroxylation sites is 2. The molecule has 0 aliphatic carbocycles. The Bertz CT molecular complexity index is 927. The third-order valence-electron chi connectivity index (χ3n) is 3.73. The SMILES string of the molecule is COc1ccccc1Oc1c(N)nc(-c2ccc(C)cc2)nc1OC(C)O. The molecule has 0 bridgehead atoms. The summed E-state index contributed by atoms with van der Waals surface area (Å²) >= 11 is 0. The van der Waals surface area contributed by atoms with E-state index in [4.69, 9.17) is 19.9 Å². The van der Waals surface area contributed by atoms with Crippen molar-refractivity contribution in [3.63, 3.8) is 0 Å². The van der Waals surface area contributed by atoms with Crippen molar-refractivity contribution in [3.05, 3.63) is 54.1 Å². The molecule has 7 heteroatoms. The lowest BCUT2D eigenvalue weighted by Crippen LogP contribution is -2.13. The van der Waals surface area contributed by atoms with Crippen LogP contribution in [0.15, 0.2) is 48.5 Å². The number of methoxy groups -OCH3 is 1. The summed E-state index contributed by atoms with van der Waals surface area (Å²) in [5, 5.41) is 9.68. The quantitative estimate of drug-likeness (QED) is 0.643. The molecule has 0 saturated heterocycles. The summed E-state index contributed by atoms with van der Waals surface area (Å²) in [5.74, 6) is 1.55. The van der Waals surface area contributed by atoms with E-state index in [9.17, 15) is 5.11 Å². The number of hydrogen-bond acceptors (Lipinski definition) is 7. The average Bonchev–Trinajstić information content (AvgIpc) is 2.64. The second-order valence-electron chi connectivity index (χ2n) is 5.90. The predicted molar refractivity (Wildman–Crippen MR) is 102 cm³/mol. The molecule has 3 N–H and O–H groups in total. The Labute approximate surface area is 157 Å². The Kier molecular flexibility index (Phi) is 5.42. The lowest BCUT2D eigenvalue weighted by Gasteiger charge is -2.16. The van der Waals surface area contributed by atoms with Crippen molar-refractivity contribution in [2.75, 3.05) is 12.8 Å². The van der Waals surface area contributed by atoms with Gasteiger partial charge in [0.25, 0.3) is 5.88 Å². The number of aliphatic hydroxyl groups is 1. The first kappa shape index (κ1) is 18.5. The van der Waals surface area contributed by atoms with Gasteiger partial charge in [-0.3, -0.25) is 0 Å². The first-order valence-corrected chi connectivity index (χ1v) is 8.38. The fourth-order valence-electron chi connectivity index (χ4n) is 2.43. The van der Waals surface area contributed by atoms with Crippen LogP contribution >= 0.6 is 0 Å². The third-order valence-corrected chi connectivity index (χ3v) is 3.73. The van der Waals surface area contributed by atoms with Crippen LogP contribution in [-0.4, -0.2) is 28.5 Å². The molecule has 2 aromatic carbocycles. The number of hydrogen-bond donors (Lipinski definition) is 2. The van der Waals surface area contributed by atoms with Gasteiger partial charge in [0.15, 0.2) is 29.4 Å². The van der Waals surface area contributed by atoms with Crippen molar-refractivity contribution in [3.8, 4) is 34.5 Å². The maximum absolute atomic E-state index is 9.68. The largest absolute Gasteiger partial charge is 0.493 e. The van der Waals surface area contributed by atoms with Crippen LogP contribution in [0, 0.1) is 6.92 Å². The van der Waals surface area contributed by atoms with Crippen LogP contribution in [0.3, 0.4) is 0 Å². The highest BCUT2D eigenvalue weighted by molar-refractivity contribution is 5.64. The molecule has 3 rings (SSSR count). The van der Waals surface area contributed by atoms with Crippen molar-refractivity contribution in [1.82, 2.24) is 9.97 Å². The number of anilines is 1. The van der Waals surface area contributed by atoms with Gasteiger partial charge >= 0.3 is 0 Å². The number of benzene rings is 2. The van der Waals surface area contributed by atoms with Gasteiger partial charge in [-0.05, 0) is 26.0 Å². The third kappa shape index (κ3) is 4.27. The summed E-state index contributed by atoms with van der Waals surface area (Å²) in [6.45, 7) is 3.46. The predicted octanol–water partition coefficient (Wildman–Crippen LogP) is 3.55. The molecule has 1 unspecified atom stereocenters. The van der Waals surface area contributed by atoms with Crippen molar-refractivity contribution < 1.29 is 19.3 Å². The normalized spacial score (nSPS) is 11.7. The van der Waals surface area contributed by atoms with E-state index in [1.54, 1.807) is 18.2 Å². The van der Waals surface area contributed by atoms with E-state index in [-0.39, 0.29) is 17.4 Å². The topological polar surface area (TPSA) is 99.7 Å². The average molecular weight is 367 g/mol. The van der Waals surface area contributed by atoms with Gasteiger partial charge < -0.3 is 25.1 Å². The number of nitrogens with two attached hydrogens (primary N) is 1. The van der Waals surface area contributed by atoms with Crippen molar-refractivity contribution in [1.29, 1.82) is 0 Å². The molecule has 27 heavy (non-hydrogen) atoms. The van der Waals surface area contributed by atoms with E-state index in [2.05, 4.69) is 9.97 Å². The van der Waals surface area contributed by atoms with Crippen molar-refractivity contribution in [2.45, 2.75) is 20.1 Å². The first-order chi connectivity index (χ1) is 13.0.